The molecule has 0 radical (unpaired) electrons. The predicted octanol–water partition coefficient (Wildman–Crippen LogP) is 4.20. The van der Waals surface area contributed by atoms with Gasteiger partial charge in [0.15, 0.2) is 12.4 Å². The second-order valence-electron chi connectivity index (χ2n) is 6.80. The number of aryl methyl sites for hydroxylation is 3. The van der Waals surface area contributed by atoms with E-state index in [0.717, 1.165) is 22.4 Å². The third-order valence-electron chi connectivity index (χ3n) is 4.49. The highest BCUT2D eigenvalue weighted by atomic mass is 16.6. The second-order valence-corrected chi connectivity index (χ2v) is 6.80. The van der Waals surface area contributed by atoms with E-state index in [1.54, 1.807) is 17.8 Å². The molecular weight excluding hydrogens is 368 g/mol. The molecule has 0 bridgehead atoms. The van der Waals surface area contributed by atoms with Gasteiger partial charge in [0.05, 0.1) is 5.69 Å². The van der Waals surface area contributed by atoms with Crippen LogP contribution in [-0.2, 0) is 11.3 Å². The Morgan fingerprint density at radius 2 is 1.90 bits per heavy atom. The first-order valence-electron chi connectivity index (χ1n) is 9.20. The molecule has 0 aliphatic carbocycles. The molecule has 0 saturated carbocycles. The lowest BCUT2D eigenvalue weighted by Gasteiger charge is -2.07. The average molecular weight is 388 g/mol. The second kappa shape index (κ2) is 7.71. The van der Waals surface area contributed by atoms with E-state index in [9.17, 15) is 4.79 Å². The van der Waals surface area contributed by atoms with Crippen LogP contribution >= 0.6 is 0 Å². The van der Waals surface area contributed by atoms with Crippen LogP contribution in [0.3, 0.4) is 0 Å². The normalized spacial score (nSPS) is 10.9. The first-order chi connectivity index (χ1) is 14.0. The number of carbonyl (C=O) groups is 1. The molecule has 0 atom stereocenters. The van der Waals surface area contributed by atoms with Crippen molar-refractivity contribution in [3.05, 3.63) is 83.1 Å². The number of para-hydroxylation sites is 1. The maximum absolute atomic E-state index is 12.9. The highest BCUT2D eigenvalue weighted by Crippen LogP contribution is 2.28. The van der Waals surface area contributed by atoms with Crippen molar-refractivity contribution in [3.63, 3.8) is 0 Å². The molecule has 29 heavy (non-hydrogen) atoms. The molecule has 0 fully saturated rings. The van der Waals surface area contributed by atoms with Gasteiger partial charge in [-0.25, -0.2) is 9.48 Å². The van der Waals surface area contributed by atoms with Gasteiger partial charge in [-0.3, -0.25) is 0 Å². The van der Waals surface area contributed by atoms with Gasteiger partial charge in [-0.15, -0.1) is 0 Å². The molecule has 7 heteroatoms. The molecule has 2 heterocycles. The van der Waals surface area contributed by atoms with Crippen LogP contribution in [0.25, 0.3) is 16.9 Å². The number of aromatic nitrogens is 4. The van der Waals surface area contributed by atoms with E-state index >= 15 is 0 Å². The van der Waals surface area contributed by atoms with E-state index in [1.807, 2.05) is 56.3 Å². The van der Waals surface area contributed by atoms with E-state index in [2.05, 4.69) is 21.3 Å². The standard InChI is InChI=1S/C22H20N4O3/c1-14-9-10-18(15(2)11-14)21-19(12-26(24-21)17-7-5-4-6-8-17)22(27)28-13-20-23-16(3)25-29-20/h4-12H,13H2,1-3H3. The largest absolute Gasteiger partial charge is 0.452 e. The molecule has 2 aromatic heterocycles. The van der Waals surface area contributed by atoms with Gasteiger partial charge in [0.2, 0.25) is 0 Å². The number of ether oxygens (including phenoxy) is 1. The number of hydrogen-bond acceptors (Lipinski definition) is 6. The minimum atomic E-state index is -0.502. The van der Waals surface area contributed by atoms with E-state index in [1.165, 1.54) is 0 Å². The maximum Gasteiger partial charge on any atom is 0.342 e. The summed E-state index contributed by atoms with van der Waals surface area (Å²) in [7, 11) is 0. The van der Waals surface area contributed by atoms with Crippen LogP contribution < -0.4 is 0 Å². The van der Waals surface area contributed by atoms with Gasteiger partial charge in [-0.05, 0) is 38.5 Å². The average Bonchev–Trinajstić information content (AvgIpc) is 3.33. The monoisotopic (exact) mass is 388 g/mol. The lowest BCUT2D eigenvalue weighted by molar-refractivity contribution is 0.0430. The van der Waals surface area contributed by atoms with Gasteiger partial charge < -0.3 is 9.26 Å². The van der Waals surface area contributed by atoms with Crippen molar-refractivity contribution < 1.29 is 14.1 Å². The quantitative estimate of drug-likeness (QED) is 0.477. The fraction of sp³-hybridized carbons (Fsp3) is 0.182. The van der Waals surface area contributed by atoms with Crippen molar-refractivity contribution in [1.29, 1.82) is 0 Å². The van der Waals surface area contributed by atoms with Crippen LogP contribution in [0.4, 0.5) is 0 Å². The van der Waals surface area contributed by atoms with Gasteiger partial charge in [0.1, 0.15) is 11.3 Å². The van der Waals surface area contributed by atoms with Gasteiger partial charge in [-0.2, -0.15) is 10.1 Å². The Morgan fingerprint density at radius 3 is 2.59 bits per heavy atom. The first-order valence-corrected chi connectivity index (χ1v) is 9.20. The zero-order valence-corrected chi connectivity index (χ0v) is 16.4. The molecule has 4 aromatic rings. The van der Waals surface area contributed by atoms with Gasteiger partial charge in [-0.1, -0.05) is 47.1 Å². The highest BCUT2D eigenvalue weighted by molar-refractivity contribution is 5.96. The van der Waals surface area contributed by atoms with Crippen molar-refractivity contribution in [2.75, 3.05) is 0 Å². The van der Waals surface area contributed by atoms with Crippen molar-refractivity contribution >= 4 is 5.97 Å². The van der Waals surface area contributed by atoms with Crippen LogP contribution in [0.1, 0.15) is 33.2 Å². The lowest BCUT2D eigenvalue weighted by Crippen LogP contribution is -2.06. The van der Waals surface area contributed by atoms with E-state index in [-0.39, 0.29) is 12.5 Å². The molecule has 146 valence electrons. The molecule has 2 aromatic carbocycles. The minimum Gasteiger partial charge on any atom is -0.452 e. The summed E-state index contributed by atoms with van der Waals surface area (Å²) in [6.45, 7) is 5.64. The highest BCUT2D eigenvalue weighted by Gasteiger charge is 2.22. The van der Waals surface area contributed by atoms with E-state index in [4.69, 9.17) is 9.26 Å². The molecule has 0 N–H and O–H groups in total. The fourth-order valence-corrected chi connectivity index (χ4v) is 3.12. The Morgan fingerprint density at radius 1 is 1.10 bits per heavy atom. The number of rotatable bonds is 5. The summed E-state index contributed by atoms with van der Waals surface area (Å²) < 4.78 is 12.1. The third kappa shape index (κ3) is 3.94. The molecule has 0 amide bonds. The smallest absolute Gasteiger partial charge is 0.342 e. The van der Waals surface area contributed by atoms with Crippen LogP contribution in [-0.4, -0.2) is 25.9 Å². The van der Waals surface area contributed by atoms with Crippen LogP contribution in [0, 0.1) is 20.8 Å². The Labute approximate surface area is 167 Å². The van der Waals surface area contributed by atoms with Crippen molar-refractivity contribution in [1.82, 2.24) is 19.9 Å². The van der Waals surface area contributed by atoms with Gasteiger partial charge in [0, 0.05) is 11.8 Å². The summed E-state index contributed by atoms with van der Waals surface area (Å²) in [5.74, 6) is 0.237. The van der Waals surface area contributed by atoms with Crippen LogP contribution in [0.15, 0.2) is 59.3 Å². The number of nitrogens with zero attached hydrogens (tertiary/aromatic N) is 4. The fourth-order valence-electron chi connectivity index (χ4n) is 3.12. The van der Waals surface area contributed by atoms with Gasteiger partial charge >= 0.3 is 5.97 Å². The molecule has 7 nitrogen and oxygen atoms in total. The van der Waals surface area contributed by atoms with Crippen LogP contribution in [0.2, 0.25) is 0 Å². The van der Waals surface area contributed by atoms with E-state index in [0.29, 0.717) is 17.1 Å². The number of carbonyl (C=O) groups excluding carboxylic acids is 1. The maximum atomic E-state index is 12.9. The summed E-state index contributed by atoms with van der Waals surface area (Å²) >= 11 is 0. The number of benzene rings is 2. The molecule has 4 rings (SSSR count). The zero-order valence-electron chi connectivity index (χ0n) is 16.4. The van der Waals surface area contributed by atoms with Crippen molar-refractivity contribution in [3.8, 4) is 16.9 Å². The molecule has 0 saturated heterocycles. The third-order valence-corrected chi connectivity index (χ3v) is 4.49. The Bertz CT molecular complexity index is 1160. The topological polar surface area (TPSA) is 83.0 Å². The number of esters is 1. The molecule has 0 spiro atoms. The van der Waals surface area contributed by atoms with Crippen LogP contribution in [0.5, 0.6) is 0 Å². The molecule has 0 aliphatic heterocycles. The molecule has 0 aliphatic rings. The number of hydrogen-bond donors (Lipinski definition) is 0. The summed E-state index contributed by atoms with van der Waals surface area (Å²) in [4.78, 5) is 16.9. The lowest BCUT2D eigenvalue weighted by atomic mass is 10.0. The van der Waals surface area contributed by atoms with Gasteiger partial charge in [0.25, 0.3) is 5.89 Å². The first kappa shape index (κ1) is 18.6. The summed E-state index contributed by atoms with van der Waals surface area (Å²) in [5, 5.41) is 8.39. The summed E-state index contributed by atoms with van der Waals surface area (Å²) in [6.07, 6.45) is 1.69. The van der Waals surface area contributed by atoms with Crippen molar-refractivity contribution in [2.24, 2.45) is 0 Å². The zero-order chi connectivity index (χ0) is 20.4. The Kier molecular flexibility index (Phi) is 4.95. The van der Waals surface area contributed by atoms with E-state index < -0.39 is 5.97 Å². The van der Waals surface area contributed by atoms with Crippen molar-refractivity contribution in [2.45, 2.75) is 27.4 Å². The molecular formula is C22H20N4O3. The predicted molar refractivity (Wildman–Crippen MR) is 107 cm³/mol. The molecule has 0 unspecified atom stereocenters. The SMILES string of the molecule is Cc1ccc(-c2nn(-c3ccccc3)cc2C(=O)OCc2nc(C)no2)c(C)c1. The minimum absolute atomic E-state index is 0.0947. The Hall–Kier alpha value is -3.74. The Balaban J connectivity index is 1.72. The summed E-state index contributed by atoms with van der Waals surface area (Å²) in [6, 6.07) is 15.7. The summed E-state index contributed by atoms with van der Waals surface area (Å²) in [5.41, 5.74) is 4.85.